The number of nitrogens with zero attached hydrogens (tertiary/aromatic N) is 3. The first-order chi connectivity index (χ1) is 24.3. The molecule has 0 aliphatic heterocycles. The van der Waals surface area contributed by atoms with Gasteiger partial charge in [-0.1, -0.05) is 158 Å². The number of benzene rings is 7. The van der Waals surface area contributed by atoms with Crippen molar-refractivity contribution in [3.05, 3.63) is 176 Å². The summed E-state index contributed by atoms with van der Waals surface area (Å²) in [6.45, 7) is 0. The van der Waals surface area contributed by atoms with Gasteiger partial charge in [0.05, 0.1) is 0 Å². The third-order valence-corrected chi connectivity index (χ3v) is 8.99. The SMILES string of the molecule is c1ccc(-c2ccc(-c3ccc(-c4nc(-c5ccccc5)nc(-c5ccc(-c6ccccc6)c6oc7ccccc7c56)n4)cc3)cc2)cc1. The largest absolute Gasteiger partial charge is 0.455 e. The van der Waals surface area contributed by atoms with Crippen molar-refractivity contribution in [2.24, 2.45) is 0 Å². The number of hydrogen-bond donors (Lipinski definition) is 0. The summed E-state index contributed by atoms with van der Waals surface area (Å²) in [5.74, 6) is 1.83. The Balaban J connectivity index is 1.17. The second-order valence-corrected chi connectivity index (χ2v) is 12.0. The number of aromatic nitrogens is 3. The van der Waals surface area contributed by atoms with Crippen molar-refractivity contribution in [2.75, 3.05) is 0 Å². The number of rotatable bonds is 6. The van der Waals surface area contributed by atoms with Gasteiger partial charge >= 0.3 is 0 Å². The summed E-state index contributed by atoms with van der Waals surface area (Å²) in [6.07, 6.45) is 0. The molecule has 0 atom stereocenters. The summed E-state index contributed by atoms with van der Waals surface area (Å²) in [5, 5.41) is 2.01. The van der Waals surface area contributed by atoms with E-state index in [4.69, 9.17) is 19.4 Å². The van der Waals surface area contributed by atoms with Crippen molar-refractivity contribution < 1.29 is 4.42 Å². The first-order valence-corrected chi connectivity index (χ1v) is 16.4. The number of para-hydroxylation sites is 1. The summed E-state index contributed by atoms with van der Waals surface area (Å²) in [7, 11) is 0. The summed E-state index contributed by atoms with van der Waals surface area (Å²) in [5.41, 5.74) is 11.2. The first kappa shape index (κ1) is 28.6. The van der Waals surface area contributed by atoms with Gasteiger partial charge in [-0.15, -0.1) is 0 Å². The lowest BCUT2D eigenvalue weighted by atomic mass is 9.98. The molecule has 4 heteroatoms. The highest BCUT2D eigenvalue weighted by Crippen LogP contribution is 2.41. The molecule has 0 fully saturated rings. The molecule has 0 N–H and O–H groups in total. The topological polar surface area (TPSA) is 51.8 Å². The van der Waals surface area contributed by atoms with Crippen LogP contribution in [0.25, 0.3) is 89.5 Å². The highest BCUT2D eigenvalue weighted by Gasteiger charge is 2.20. The van der Waals surface area contributed by atoms with E-state index in [-0.39, 0.29) is 0 Å². The molecule has 230 valence electrons. The van der Waals surface area contributed by atoms with Crippen LogP contribution in [0.5, 0.6) is 0 Å². The Kier molecular flexibility index (Phi) is 7.10. The molecule has 0 saturated carbocycles. The van der Waals surface area contributed by atoms with Crippen LogP contribution in [0.15, 0.2) is 180 Å². The van der Waals surface area contributed by atoms with Crippen molar-refractivity contribution in [1.82, 2.24) is 15.0 Å². The Morgan fingerprint density at radius 1 is 0.306 bits per heavy atom. The fourth-order valence-electron chi connectivity index (χ4n) is 6.50. The molecule has 0 aliphatic rings. The molecular weight excluding hydrogens is 599 g/mol. The van der Waals surface area contributed by atoms with Crippen LogP contribution in [0.1, 0.15) is 0 Å². The maximum absolute atomic E-state index is 6.55. The molecule has 0 amide bonds. The molecule has 4 nitrogen and oxygen atoms in total. The van der Waals surface area contributed by atoms with Gasteiger partial charge in [0.1, 0.15) is 11.2 Å². The Labute approximate surface area is 284 Å². The van der Waals surface area contributed by atoms with Crippen LogP contribution < -0.4 is 0 Å². The van der Waals surface area contributed by atoms with Gasteiger partial charge in [0.15, 0.2) is 17.5 Å². The van der Waals surface area contributed by atoms with Gasteiger partial charge in [0, 0.05) is 33.0 Å². The molecule has 2 heterocycles. The van der Waals surface area contributed by atoms with E-state index in [1.165, 1.54) is 11.1 Å². The molecule has 9 aromatic rings. The predicted octanol–water partition coefficient (Wildman–Crippen LogP) is 11.8. The predicted molar refractivity (Wildman–Crippen MR) is 200 cm³/mol. The number of furan rings is 1. The highest BCUT2D eigenvalue weighted by molar-refractivity contribution is 6.15. The van der Waals surface area contributed by atoms with E-state index < -0.39 is 0 Å². The lowest BCUT2D eigenvalue weighted by Gasteiger charge is -2.11. The van der Waals surface area contributed by atoms with Crippen LogP contribution in [-0.2, 0) is 0 Å². The lowest BCUT2D eigenvalue weighted by Crippen LogP contribution is -2.00. The molecule has 7 aromatic carbocycles. The normalized spacial score (nSPS) is 11.3. The summed E-state index contributed by atoms with van der Waals surface area (Å²) in [6, 6.07) is 60.4. The van der Waals surface area contributed by atoms with Gasteiger partial charge in [-0.25, -0.2) is 15.0 Å². The average molecular weight is 628 g/mol. The molecule has 0 radical (unpaired) electrons. The van der Waals surface area contributed by atoms with E-state index in [0.29, 0.717) is 17.5 Å². The van der Waals surface area contributed by atoms with Crippen molar-refractivity contribution in [2.45, 2.75) is 0 Å². The van der Waals surface area contributed by atoms with Gasteiger partial charge in [-0.05, 0) is 46.0 Å². The Hall–Kier alpha value is -6.65. The second kappa shape index (κ2) is 12.2. The van der Waals surface area contributed by atoms with Crippen LogP contribution in [0.2, 0.25) is 0 Å². The molecule has 0 saturated heterocycles. The average Bonchev–Trinajstić information content (AvgIpc) is 3.58. The van der Waals surface area contributed by atoms with Crippen LogP contribution in [0, 0.1) is 0 Å². The summed E-state index contributed by atoms with van der Waals surface area (Å²) < 4.78 is 6.55. The third-order valence-electron chi connectivity index (χ3n) is 8.99. The highest BCUT2D eigenvalue weighted by atomic mass is 16.3. The fourth-order valence-corrected chi connectivity index (χ4v) is 6.50. The minimum absolute atomic E-state index is 0.598. The van der Waals surface area contributed by atoms with E-state index in [9.17, 15) is 0 Å². The van der Waals surface area contributed by atoms with E-state index >= 15 is 0 Å². The Morgan fingerprint density at radius 3 is 1.31 bits per heavy atom. The van der Waals surface area contributed by atoms with Gasteiger partial charge in [-0.3, -0.25) is 0 Å². The van der Waals surface area contributed by atoms with E-state index in [1.807, 2.05) is 72.8 Å². The Morgan fingerprint density at radius 2 is 0.714 bits per heavy atom. The van der Waals surface area contributed by atoms with Crippen LogP contribution in [-0.4, -0.2) is 15.0 Å². The minimum Gasteiger partial charge on any atom is -0.455 e. The van der Waals surface area contributed by atoms with Gasteiger partial charge in [0.25, 0.3) is 0 Å². The van der Waals surface area contributed by atoms with Crippen LogP contribution in [0.3, 0.4) is 0 Å². The maximum Gasteiger partial charge on any atom is 0.164 e. The number of hydrogen-bond acceptors (Lipinski definition) is 4. The van der Waals surface area contributed by atoms with Crippen molar-refractivity contribution in [3.8, 4) is 67.5 Å². The van der Waals surface area contributed by atoms with Crippen molar-refractivity contribution >= 4 is 21.9 Å². The monoisotopic (exact) mass is 627 g/mol. The molecular formula is C45H29N3O. The van der Waals surface area contributed by atoms with Crippen LogP contribution >= 0.6 is 0 Å². The van der Waals surface area contributed by atoms with Crippen LogP contribution in [0.4, 0.5) is 0 Å². The van der Waals surface area contributed by atoms with E-state index in [0.717, 1.165) is 60.9 Å². The zero-order chi connectivity index (χ0) is 32.6. The van der Waals surface area contributed by atoms with Crippen molar-refractivity contribution in [1.29, 1.82) is 0 Å². The molecule has 0 aliphatic carbocycles. The third kappa shape index (κ3) is 5.35. The molecule has 0 bridgehead atoms. The zero-order valence-electron chi connectivity index (χ0n) is 26.5. The standard InChI is InChI=1S/C45H29N3O/c1-4-12-30(13-5-1)31-20-22-32(23-21-31)33-24-26-36(27-25-33)44-46-43(35-16-8-3-9-17-35)47-45(48-44)39-29-28-37(34-14-6-2-7-15-34)42-41(39)38-18-10-11-19-40(38)49-42/h1-29H. The van der Waals surface area contributed by atoms with Gasteiger partial charge in [-0.2, -0.15) is 0 Å². The quantitative estimate of drug-likeness (QED) is 0.184. The van der Waals surface area contributed by atoms with Crippen molar-refractivity contribution in [3.63, 3.8) is 0 Å². The zero-order valence-corrected chi connectivity index (χ0v) is 26.5. The number of fused-ring (bicyclic) bond motifs is 3. The first-order valence-electron chi connectivity index (χ1n) is 16.4. The summed E-state index contributed by atoms with van der Waals surface area (Å²) in [4.78, 5) is 15.2. The summed E-state index contributed by atoms with van der Waals surface area (Å²) >= 11 is 0. The second-order valence-electron chi connectivity index (χ2n) is 12.0. The molecule has 9 rings (SSSR count). The van der Waals surface area contributed by atoms with Gasteiger partial charge < -0.3 is 4.42 Å². The van der Waals surface area contributed by atoms with Gasteiger partial charge in [0.2, 0.25) is 0 Å². The maximum atomic E-state index is 6.55. The Bertz CT molecular complexity index is 2560. The molecule has 0 spiro atoms. The lowest BCUT2D eigenvalue weighted by molar-refractivity contribution is 0.670. The smallest absolute Gasteiger partial charge is 0.164 e. The van der Waals surface area contributed by atoms with E-state index in [1.54, 1.807) is 0 Å². The fraction of sp³-hybridized carbons (Fsp3) is 0. The minimum atomic E-state index is 0.598. The molecule has 0 unspecified atom stereocenters. The molecule has 2 aromatic heterocycles. The van der Waals surface area contributed by atoms with E-state index in [2.05, 4.69) is 103 Å². The molecule has 49 heavy (non-hydrogen) atoms.